The fourth-order valence-electron chi connectivity index (χ4n) is 0.294. The summed E-state index contributed by atoms with van der Waals surface area (Å²) in [7, 11) is 0. The van der Waals surface area contributed by atoms with Gasteiger partial charge in [0, 0.05) is 0 Å². The molecule has 0 aromatic rings. The van der Waals surface area contributed by atoms with E-state index in [2.05, 4.69) is 0 Å². The first-order valence-corrected chi connectivity index (χ1v) is 3.47. The zero-order valence-corrected chi connectivity index (χ0v) is 8.37. The predicted octanol–water partition coefficient (Wildman–Crippen LogP) is 1.64. The van der Waals surface area contributed by atoms with Crippen molar-refractivity contribution in [2.75, 3.05) is 0 Å². The molecule has 0 spiro atoms. The van der Waals surface area contributed by atoms with E-state index >= 15 is 0 Å². The van der Waals surface area contributed by atoms with Crippen LogP contribution in [0.25, 0.3) is 0 Å². The van der Waals surface area contributed by atoms with Crippen LogP contribution in [0, 0.1) is 7.43 Å². The molecule has 0 fully saturated rings. The third-order valence-electron chi connectivity index (χ3n) is 0.412. The quantitative estimate of drug-likeness (QED) is 0.573. The second-order valence-corrected chi connectivity index (χ2v) is 3.71. The Morgan fingerprint density at radius 2 is 1.88 bits per heavy atom. The standard InChI is InChI=1S/C5H8O.CH3.W/c1-3-4-5(2)6;;/h4,6H,1-2H3;1H3;/q;-1;/b5-4-;;. The van der Waals surface area contributed by atoms with Gasteiger partial charge in [-0.1, -0.05) is 0 Å². The molecule has 0 aliphatic rings. The Kier molecular flexibility index (Phi) is 7.19. The van der Waals surface area contributed by atoms with E-state index in [0.717, 1.165) is 0 Å². The summed E-state index contributed by atoms with van der Waals surface area (Å²) in [5.74, 6) is 0.396. The van der Waals surface area contributed by atoms with Crippen molar-refractivity contribution in [3.05, 3.63) is 19.3 Å². The van der Waals surface area contributed by atoms with Gasteiger partial charge in [0.05, 0.1) is 0 Å². The largest absolute Gasteiger partial charge is 0.358 e. The average Bonchev–Trinajstić information content (AvgIpc) is 1.27. The first-order valence-electron chi connectivity index (χ1n) is 2.01. The second kappa shape index (κ2) is 5.24. The van der Waals surface area contributed by atoms with Crippen LogP contribution in [0.4, 0.5) is 0 Å². The molecule has 0 aromatic heterocycles. The summed E-state index contributed by atoms with van der Waals surface area (Å²) in [6, 6.07) is 0. The Labute approximate surface area is 61.8 Å². The molecule has 0 aromatic carbocycles. The molecule has 8 heavy (non-hydrogen) atoms. The molecule has 1 nitrogen and oxygen atoms in total. The van der Waals surface area contributed by atoms with Crippen molar-refractivity contribution in [2.45, 2.75) is 13.8 Å². The fourth-order valence-corrected chi connectivity index (χ4v) is 0.907. The molecule has 0 atom stereocenters. The Bertz CT molecular complexity index is 101. The van der Waals surface area contributed by atoms with Gasteiger partial charge in [0.1, 0.15) is 0 Å². The molecule has 0 aliphatic heterocycles. The first-order chi connectivity index (χ1) is 3.13. The van der Waals surface area contributed by atoms with Gasteiger partial charge in [-0.15, -0.1) is 0 Å². The van der Waals surface area contributed by atoms with Crippen LogP contribution in [0.3, 0.4) is 0 Å². The fraction of sp³-hybridized carbons (Fsp3) is 0.333. The van der Waals surface area contributed by atoms with E-state index in [4.69, 9.17) is 5.11 Å². The van der Waals surface area contributed by atoms with E-state index in [9.17, 15) is 0 Å². The summed E-state index contributed by atoms with van der Waals surface area (Å²) < 4.78 is 1.21. The Morgan fingerprint density at radius 3 is 1.88 bits per heavy atom. The number of rotatable bonds is 1. The summed E-state index contributed by atoms with van der Waals surface area (Å²) in [6.07, 6.45) is 1.76. The monoisotopic (exact) mass is 283 g/mol. The minimum Gasteiger partial charge on any atom is -0.358 e. The van der Waals surface area contributed by atoms with Crippen LogP contribution in [0.2, 0.25) is 0 Å². The average molecular weight is 283 g/mol. The minimum absolute atomic E-state index is 0. The van der Waals surface area contributed by atoms with E-state index in [1.165, 1.54) is 23.3 Å². The van der Waals surface area contributed by atoms with Gasteiger partial charge < -0.3 is 7.43 Å². The smallest absolute Gasteiger partial charge is 0.358 e. The van der Waals surface area contributed by atoms with Crippen molar-refractivity contribution in [3.8, 4) is 0 Å². The maximum atomic E-state index is 8.58. The normalized spacial score (nSPS) is 10.0. The first kappa shape index (κ1) is 11.0. The van der Waals surface area contributed by atoms with Crippen molar-refractivity contribution in [1.82, 2.24) is 0 Å². The molecule has 0 amide bonds. The van der Waals surface area contributed by atoms with Crippen molar-refractivity contribution >= 4 is 3.90 Å². The van der Waals surface area contributed by atoms with Gasteiger partial charge in [0.25, 0.3) is 0 Å². The second-order valence-electron chi connectivity index (χ2n) is 1.40. The van der Waals surface area contributed by atoms with Gasteiger partial charge >= 0.3 is 54.0 Å². The van der Waals surface area contributed by atoms with Crippen LogP contribution < -0.4 is 0 Å². The van der Waals surface area contributed by atoms with E-state index in [1.807, 2.05) is 6.92 Å². The number of aliphatic hydroxyl groups is 1. The number of hydrogen-bond acceptors (Lipinski definition) is 1. The molecule has 1 N–H and O–H groups in total. The molecule has 0 bridgehead atoms. The summed E-state index contributed by atoms with van der Waals surface area (Å²) in [4.78, 5) is 0. The maximum absolute atomic E-state index is 8.58. The summed E-state index contributed by atoms with van der Waals surface area (Å²) in [5, 5.41) is 8.58. The van der Waals surface area contributed by atoms with Gasteiger partial charge in [-0.3, -0.25) is 0 Å². The van der Waals surface area contributed by atoms with Crippen LogP contribution in [-0.2, 0) is 19.4 Å². The number of hydrogen-bond donors (Lipinski definition) is 1. The van der Waals surface area contributed by atoms with Gasteiger partial charge in [-0.2, -0.15) is 0 Å². The Morgan fingerprint density at radius 1 is 1.50 bits per heavy atom. The van der Waals surface area contributed by atoms with Gasteiger partial charge in [-0.25, -0.2) is 0 Å². The van der Waals surface area contributed by atoms with E-state index in [0.29, 0.717) is 5.76 Å². The Hall–Kier alpha value is 0.0983. The molecule has 0 radical (unpaired) electrons. The number of aliphatic hydroxyl groups excluding tert-OH is 1. The molecule has 48 valence electrons. The molecule has 0 saturated carbocycles. The molecule has 0 rings (SSSR count). The van der Waals surface area contributed by atoms with Crippen molar-refractivity contribution in [2.24, 2.45) is 0 Å². The third-order valence-corrected chi connectivity index (χ3v) is 0.836. The van der Waals surface area contributed by atoms with Crippen LogP contribution in [0.15, 0.2) is 11.8 Å². The van der Waals surface area contributed by atoms with Gasteiger partial charge in [0.2, 0.25) is 0 Å². The van der Waals surface area contributed by atoms with Gasteiger partial charge in [0.15, 0.2) is 0 Å². The van der Waals surface area contributed by atoms with E-state index in [1.54, 1.807) is 13.0 Å². The molecule has 0 aliphatic carbocycles. The Balaban J connectivity index is 0. The topological polar surface area (TPSA) is 20.2 Å². The van der Waals surface area contributed by atoms with Crippen molar-refractivity contribution < 1.29 is 24.5 Å². The SMILES string of the molecule is C[C](=[W])/C=C(/C)O.[CH3-]. The van der Waals surface area contributed by atoms with Crippen molar-refractivity contribution in [1.29, 1.82) is 0 Å². The summed E-state index contributed by atoms with van der Waals surface area (Å²) in [6.45, 7) is 3.65. The van der Waals surface area contributed by atoms with E-state index < -0.39 is 0 Å². The minimum atomic E-state index is 0. The summed E-state index contributed by atoms with van der Waals surface area (Å²) in [5.41, 5.74) is 0. The van der Waals surface area contributed by atoms with Crippen LogP contribution in [-0.4, -0.2) is 9.00 Å². The number of allylic oxidation sites excluding steroid dienone is 2. The van der Waals surface area contributed by atoms with Gasteiger partial charge in [-0.05, 0) is 0 Å². The van der Waals surface area contributed by atoms with Crippen LogP contribution in [0.1, 0.15) is 13.8 Å². The maximum Gasteiger partial charge on any atom is -0.358 e. The predicted molar refractivity (Wildman–Crippen MR) is 33.5 cm³/mol. The third kappa shape index (κ3) is 9.44. The molecule has 0 saturated heterocycles. The molecular weight excluding hydrogens is 272 g/mol. The zero-order chi connectivity index (χ0) is 5.86. The molecule has 0 heterocycles. The summed E-state index contributed by atoms with van der Waals surface area (Å²) >= 11 is 1.41. The van der Waals surface area contributed by atoms with Crippen LogP contribution in [0.5, 0.6) is 0 Å². The van der Waals surface area contributed by atoms with Crippen molar-refractivity contribution in [3.63, 3.8) is 0 Å². The molecule has 0 unspecified atom stereocenters. The van der Waals surface area contributed by atoms with Crippen LogP contribution >= 0.6 is 0 Å². The molecule has 2 heteroatoms. The van der Waals surface area contributed by atoms with E-state index in [-0.39, 0.29) is 7.43 Å². The molecular formula is C6H11OW-. The zero-order valence-electron chi connectivity index (χ0n) is 5.43.